The van der Waals surface area contributed by atoms with Gasteiger partial charge in [0, 0.05) is 6.07 Å². The highest BCUT2D eigenvalue weighted by Gasteiger charge is 2.41. The lowest BCUT2D eigenvalue weighted by molar-refractivity contribution is -0.387. The molecule has 0 atom stereocenters. The van der Waals surface area contributed by atoms with Crippen LogP contribution in [0.3, 0.4) is 0 Å². The van der Waals surface area contributed by atoms with E-state index in [1.54, 1.807) is 0 Å². The second kappa shape index (κ2) is 5.36. The lowest BCUT2D eigenvalue weighted by Gasteiger charge is -2.37. The van der Waals surface area contributed by atoms with Crippen LogP contribution in [0, 0.1) is 17.0 Å². The van der Waals surface area contributed by atoms with Crippen molar-refractivity contribution >= 4 is 15.7 Å². The maximum atomic E-state index is 12.5. The number of aliphatic hydroxyl groups is 1. The van der Waals surface area contributed by atoms with Crippen LogP contribution in [0.15, 0.2) is 23.1 Å². The molecule has 0 unspecified atom stereocenters. The van der Waals surface area contributed by atoms with E-state index < -0.39 is 31.8 Å². The van der Waals surface area contributed by atoms with E-state index in [0.717, 1.165) is 6.07 Å². The first-order valence-electron chi connectivity index (χ1n) is 6.30. The molecule has 0 radical (unpaired) electrons. The van der Waals surface area contributed by atoms with Gasteiger partial charge in [-0.25, -0.2) is 13.1 Å². The molecule has 2 N–H and O–H groups in total. The molecule has 0 amide bonds. The van der Waals surface area contributed by atoms with Crippen LogP contribution in [-0.2, 0) is 10.0 Å². The van der Waals surface area contributed by atoms with Crippen molar-refractivity contribution in [3.8, 4) is 0 Å². The largest absolute Gasteiger partial charge is 0.389 e. The number of aryl methyl sites for hydroxylation is 1. The lowest BCUT2D eigenvalue weighted by atomic mass is 9.87. The summed E-state index contributed by atoms with van der Waals surface area (Å²) in [6.45, 7) is 7.42. The van der Waals surface area contributed by atoms with Crippen molar-refractivity contribution in [2.45, 2.75) is 50.7 Å². The smallest absolute Gasteiger partial charge is 0.289 e. The van der Waals surface area contributed by atoms with Gasteiger partial charge in [0.1, 0.15) is 0 Å². The van der Waals surface area contributed by atoms with Gasteiger partial charge in [-0.1, -0.05) is 12.1 Å². The predicted molar refractivity (Wildman–Crippen MR) is 78.5 cm³/mol. The summed E-state index contributed by atoms with van der Waals surface area (Å²) in [6.07, 6.45) is 0. The fourth-order valence-corrected chi connectivity index (χ4v) is 3.58. The zero-order valence-electron chi connectivity index (χ0n) is 12.7. The number of nitrogens with one attached hydrogen (secondary N) is 1. The molecule has 0 saturated carbocycles. The summed E-state index contributed by atoms with van der Waals surface area (Å²) in [5, 5.41) is 21.1. The third-order valence-corrected chi connectivity index (χ3v) is 5.42. The van der Waals surface area contributed by atoms with E-state index in [1.807, 2.05) is 0 Å². The van der Waals surface area contributed by atoms with Crippen molar-refractivity contribution in [2.75, 3.05) is 0 Å². The molecular weight excluding hydrogens is 296 g/mol. The van der Waals surface area contributed by atoms with E-state index in [0.29, 0.717) is 0 Å². The zero-order valence-corrected chi connectivity index (χ0v) is 13.5. The van der Waals surface area contributed by atoms with Crippen LogP contribution in [0.5, 0.6) is 0 Å². The highest BCUT2D eigenvalue weighted by Crippen LogP contribution is 2.30. The molecule has 0 heterocycles. The van der Waals surface area contributed by atoms with Crippen LogP contribution >= 0.6 is 0 Å². The van der Waals surface area contributed by atoms with Gasteiger partial charge in [0.2, 0.25) is 10.0 Å². The van der Waals surface area contributed by atoms with E-state index in [1.165, 1.54) is 46.8 Å². The molecule has 21 heavy (non-hydrogen) atoms. The number of benzene rings is 1. The Morgan fingerprint density at radius 1 is 1.24 bits per heavy atom. The van der Waals surface area contributed by atoms with E-state index in [-0.39, 0.29) is 10.5 Å². The van der Waals surface area contributed by atoms with Crippen LogP contribution in [0.25, 0.3) is 0 Å². The Labute approximate surface area is 124 Å². The van der Waals surface area contributed by atoms with E-state index in [2.05, 4.69) is 4.72 Å². The van der Waals surface area contributed by atoms with Crippen LogP contribution in [0.4, 0.5) is 5.69 Å². The Kier molecular flexibility index (Phi) is 4.48. The summed E-state index contributed by atoms with van der Waals surface area (Å²) in [6, 6.07) is 4.05. The van der Waals surface area contributed by atoms with Crippen molar-refractivity contribution in [1.82, 2.24) is 4.72 Å². The molecule has 1 rings (SSSR count). The Morgan fingerprint density at radius 2 is 1.76 bits per heavy atom. The van der Waals surface area contributed by atoms with Crippen molar-refractivity contribution in [1.29, 1.82) is 0 Å². The Balaban J connectivity index is 3.44. The fraction of sp³-hybridized carbons (Fsp3) is 0.538. The second-order valence-corrected chi connectivity index (χ2v) is 7.59. The Bertz CT molecular complexity index is 660. The first kappa shape index (κ1) is 17.5. The van der Waals surface area contributed by atoms with Crippen molar-refractivity contribution in [3.05, 3.63) is 33.9 Å². The van der Waals surface area contributed by atoms with Gasteiger partial charge in [-0.05, 0) is 40.2 Å². The minimum absolute atomic E-state index is 0.267. The summed E-state index contributed by atoms with van der Waals surface area (Å²) < 4.78 is 27.4. The SMILES string of the molecule is Cc1cccc([N+](=O)[O-])c1S(=O)(=O)NC(C)(C)C(C)(C)O. The molecular formula is C13H20N2O5S. The molecule has 0 aliphatic heterocycles. The number of rotatable bonds is 5. The van der Waals surface area contributed by atoms with Gasteiger partial charge in [0.05, 0.1) is 16.1 Å². The lowest BCUT2D eigenvalue weighted by Crippen LogP contribution is -2.57. The molecule has 0 saturated heterocycles. The standard InChI is InChI=1S/C13H20N2O5S/c1-9-7-6-8-10(15(17)18)11(9)21(19,20)14-12(2,3)13(4,5)16/h6-8,14,16H,1-5H3. The van der Waals surface area contributed by atoms with Crippen molar-refractivity contribution < 1.29 is 18.4 Å². The molecule has 0 spiro atoms. The van der Waals surface area contributed by atoms with Gasteiger partial charge in [0.15, 0.2) is 4.90 Å². The maximum Gasteiger partial charge on any atom is 0.289 e. The average Bonchev–Trinajstić information content (AvgIpc) is 2.24. The first-order valence-corrected chi connectivity index (χ1v) is 7.78. The van der Waals surface area contributed by atoms with Crippen LogP contribution in [-0.4, -0.2) is 29.6 Å². The monoisotopic (exact) mass is 316 g/mol. The number of hydrogen-bond donors (Lipinski definition) is 2. The Morgan fingerprint density at radius 3 is 2.19 bits per heavy atom. The minimum atomic E-state index is -4.16. The second-order valence-electron chi connectivity index (χ2n) is 5.97. The molecule has 0 aromatic heterocycles. The van der Waals surface area contributed by atoms with Gasteiger partial charge in [-0.15, -0.1) is 0 Å². The highest BCUT2D eigenvalue weighted by molar-refractivity contribution is 7.89. The number of hydrogen-bond acceptors (Lipinski definition) is 5. The topological polar surface area (TPSA) is 110 Å². The molecule has 1 aromatic rings. The Hall–Kier alpha value is -1.51. The minimum Gasteiger partial charge on any atom is -0.389 e. The van der Waals surface area contributed by atoms with E-state index in [9.17, 15) is 23.6 Å². The number of sulfonamides is 1. The van der Waals surface area contributed by atoms with Gasteiger partial charge in [0.25, 0.3) is 5.69 Å². The predicted octanol–water partition coefficient (Wildman–Crippen LogP) is 1.73. The molecule has 1 aromatic carbocycles. The van der Waals surface area contributed by atoms with E-state index in [4.69, 9.17) is 0 Å². The molecule has 8 heteroatoms. The summed E-state index contributed by atoms with van der Waals surface area (Å²) in [5.74, 6) is 0. The normalized spacial score (nSPS) is 13.2. The van der Waals surface area contributed by atoms with Crippen molar-refractivity contribution in [2.24, 2.45) is 0 Å². The number of nitrogens with zero attached hydrogens (tertiary/aromatic N) is 1. The molecule has 0 aliphatic rings. The summed E-state index contributed by atoms with van der Waals surface area (Å²) in [4.78, 5) is 9.93. The zero-order chi connectivity index (χ0) is 16.6. The van der Waals surface area contributed by atoms with Gasteiger partial charge >= 0.3 is 0 Å². The molecule has 0 fully saturated rings. The molecule has 7 nitrogen and oxygen atoms in total. The van der Waals surface area contributed by atoms with Crippen LogP contribution in [0.1, 0.15) is 33.3 Å². The molecule has 0 aliphatic carbocycles. The number of nitro benzene ring substituents is 1. The number of nitro groups is 1. The molecule has 0 bridgehead atoms. The average molecular weight is 316 g/mol. The summed E-state index contributed by atoms with van der Waals surface area (Å²) in [5.41, 5.74) is -2.78. The quantitative estimate of drug-likeness (QED) is 0.635. The fourth-order valence-electron chi connectivity index (χ4n) is 1.64. The van der Waals surface area contributed by atoms with Crippen molar-refractivity contribution in [3.63, 3.8) is 0 Å². The van der Waals surface area contributed by atoms with Gasteiger partial charge in [-0.2, -0.15) is 0 Å². The summed E-state index contributed by atoms with van der Waals surface area (Å²) >= 11 is 0. The molecule has 118 valence electrons. The highest BCUT2D eigenvalue weighted by atomic mass is 32.2. The third kappa shape index (κ3) is 3.58. The van der Waals surface area contributed by atoms with Crippen LogP contribution < -0.4 is 4.72 Å². The van der Waals surface area contributed by atoms with E-state index >= 15 is 0 Å². The summed E-state index contributed by atoms with van der Waals surface area (Å²) in [7, 11) is -4.16. The van der Waals surface area contributed by atoms with Crippen LogP contribution in [0.2, 0.25) is 0 Å². The van der Waals surface area contributed by atoms with Gasteiger partial charge in [-0.3, -0.25) is 10.1 Å². The third-order valence-electron chi connectivity index (χ3n) is 3.58. The maximum absolute atomic E-state index is 12.5. The van der Waals surface area contributed by atoms with Gasteiger partial charge < -0.3 is 5.11 Å². The first-order chi connectivity index (χ1) is 9.29.